The van der Waals surface area contributed by atoms with E-state index >= 15 is 0 Å². The molecule has 2 fully saturated rings. The number of sulfone groups is 1. The van der Waals surface area contributed by atoms with Gasteiger partial charge in [0, 0.05) is 12.4 Å². The van der Waals surface area contributed by atoms with Gasteiger partial charge in [0.15, 0.2) is 14.9 Å². The van der Waals surface area contributed by atoms with Crippen LogP contribution in [0.3, 0.4) is 0 Å². The Morgan fingerprint density at radius 2 is 2.06 bits per heavy atom. The molecule has 0 amide bonds. The van der Waals surface area contributed by atoms with E-state index in [1.807, 2.05) is 0 Å². The van der Waals surface area contributed by atoms with E-state index in [-0.39, 0.29) is 16.2 Å². The quantitative estimate of drug-likeness (QED) is 0.823. The highest BCUT2D eigenvalue weighted by atomic mass is 32.2. The van der Waals surface area contributed by atoms with E-state index in [0.29, 0.717) is 5.41 Å². The Bertz CT molecular complexity index is 537. The Labute approximate surface area is 108 Å². The molecule has 1 heterocycles. The summed E-state index contributed by atoms with van der Waals surface area (Å²) >= 11 is 0. The third-order valence-electron chi connectivity index (χ3n) is 4.67. The summed E-state index contributed by atoms with van der Waals surface area (Å²) in [6.45, 7) is 2.06. The van der Waals surface area contributed by atoms with E-state index in [1.165, 1.54) is 37.9 Å². The first-order valence-electron chi connectivity index (χ1n) is 6.53. The van der Waals surface area contributed by atoms with Crippen molar-refractivity contribution in [2.45, 2.75) is 49.3 Å². The molecule has 2 atom stereocenters. The minimum Gasteiger partial charge on any atom is -0.260 e. The van der Waals surface area contributed by atoms with Crippen molar-refractivity contribution < 1.29 is 8.42 Å². The van der Waals surface area contributed by atoms with Gasteiger partial charge in [0.2, 0.25) is 0 Å². The van der Waals surface area contributed by atoms with Crippen molar-refractivity contribution in [1.29, 1.82) is 0 Å². The predicted octanol–water partition coefficient (Wildman–Crippen LogP) is 2.22. The molecule has 0 aliphatic heterocycles. The van der Waals surface area contributed by atoms with Crippen LogP contribution >= 0.6 is 0 Å². The highest BCUT2D eigenvalue weighted by Crippen LogP contribution is 2.56. The molecule has 98 valence electrons. The van der Waals surface area contributed by atoms with Crippen LogP contribution in [0.2, 0.25) is 0 Å². The Balaban J connectivity index is 1.91. The molecule has 1 aromatic heterocycles. The van der Waals surface area contributed by atoms with Gasteiger partial charge in [0.1, 0.15) is 0 Å². The van der Waals surface area contributed by atoms with Crippen molar-refractivity contribution >= 4 is 9.84 Å². The van der Waals surface area contributed by atoms with Crippen LogP contribution in [0.25, 0.3) is 0 Å². The van der Waals surface area contributed by atoms with E-state index in [0.717, 1.165) is 12.8 Å². The van der Waals surface area contributed by atoms with E-state index < -0.39 is 9.84 Å². The van der Waals surface area contributed by atoms with Crippen molar-refractivity contribution in [3.63, 3.8) is 0 Å². The molecular weight excluding hydrogens is 248 g/mol. The normalized spacial score (nSPS) is 30.3. The molecule has 18 heavy (non-hydrogen) atoms. The fourth-order valence-electron chi connectivity index (χ4n) is 3.61. The second-order valence-electron chi connectivity index (χ2n) is 5.87. The standard InChI is InChI=1S/C13H18N2O2S/c1-10-7-13(3-2-4-13)8-11(10)18(16,17)12-9-14-5-6-15-12/h5-6,9-11H,2-4,7-8H2,1H3. The van der Waals surface area contributed by atoms with E-state index in [9.17, 15) is 8.42 Å². The lowest BCUT2D eigenvalue weighted by atomic mass is 9.67. The average molecular weight is 266 g/mol. The van der Waals surface area contributed by atoms with Crippen LogP contribution in [0.4, 0.5) is 0 Å². The highest BCUT2D eigenvalue weighted by Gasteiger charge is 2.51. The first-order chi connectivity index (χ1) is 8.54. The monoisotopic (exact) mass is 266 g/mol. The average Bonchev–Trinajstić information content (AvgIpc) is 2.69. The van der Waals surface area contributed by atoms with Crippen LogP contribution in [-0.4, -0.2) is 23.6 Å². The Morgan fingerprint density at radius 1 is 1.28 bits per heavy atom. The molecular formula is C13H18N2O2S. The largest absolute Gasteiger partial charge is 0.260 e. The fraction of sp³-hybridized carbons (Fsp3) is 0.692. The summed E-state index contributed by atoms with van der Waals surface area (Å²) in [5, 5.41) is -0.132. The molecule has 0 saturated heterocycles. The van der Waals surface area contributed by atoms with Gasteiger partial charge in [-0.2, -0.15) is 0 Å². The number of aromatic nitrogens is 2. The van der Waals surface area contributed by atoms with Crippen molar-refractivity contribution in [3.8, 4) is 0 Å². The molecule has 5 heteroatoms. The Kier molecular flexibility index (Phi) is 2.70. The lowest BCUT2D eigenvalue weighted by Crippen LogP contribution is -2.29. The second-order valence-corrected chi connectivity index (χ2v) is 7.98. The maximum Gasteiger partial charge on any atom is 0.200 e. The molecule has 2 aliphatic rings. The second kappa shape index (κ2) is 4.02. The third kappa shape index (κ3) is 1.76. The van der Waals surface area contributed by atoms with Crippen LogP contribution < -0.4 is 0 Å². The van der Waals surface area contributed by atoms with Crippen LogP contribution in [0.15, 0.2) is 23.6 Å². The van der Waals surface area contributed by atoms with Gasteiger partial charge in [-0.3, -0.25) is 4.98 Å². The van der Waals surface area contributed by atoms with E-state index in [1.54, 1.807) is 0 Å². The number of rotatable bonds is 2. The van der Waals surface area contributed by atoms with Gasteiger partial charge >= 0.3 is 0 Å². The van der Waals surface area contributed by atoms with Gasteiger partial charge in [-0.05, 0) is 37.0 Å². The summed E-state index contributed by atoms with van der Waals surface area (Å²) < 4.78 is 25.1. The first kappa shape index (κ1) is 12.1. The van der Waals surface area contributed by atoms with Crippen LogP contribution in [0.1, 0.15) is 39.0 Å². The maximum atomic E-state index is 12.6. The molecule has 2 aliphatic carbocycles. The number of hydrogen-bond acceptors (Lipinski definition) is 4. The summed E-state index contributed by atoms with van der Waals surface area (Å²) in [5.74, 6) is 0.234. The number of nitrogens with zero attached hydrogens (tertiary/aromatic N) is 2. The summed E-state index contributed by atoms with van der Waals surface area (Å²) in [5.41, 5.74) is 0.319. The Hall–Kier alpha value is -0.970. The van der Waals surface area contributed by atoms with Gasteiger partial charge in [0.25, 0.3) is 0 Å². The van der Waals surface area contributed by atoms with Crippen molar-refractivity contribution in [2.75, 3.05) is 0 Å². The van der Waals surface area contributed by atoms with Crippen LogP contribution in [0.5, 0.6) is 0 Å². The summed E-state index contributed by atoms with van der Waals surface area (Å²) in [4.78, 5) is 7.85. The molecule has 0 aromatic carbocycles. The Morgan fingerprint density at radius 3 is 2.56 bits per heavy atom. The van der Waals surface area contributed by atoms with Gasteiger partial charge in [-0.1, -0.05) is 13.3 Å². The van der Waals surface area contributed by atoms with E-state index in [2.05, 4.69) is 16.9 Å². The molecule has 1 aromatic rings. The predicted molar refractivity (Wildman–Crippen MR) is 67.7 cm³/mol. The van der Waals surface area contributed by atoms with Crippen molar-refractivity contribution in [3.05, 3.63) is 18.6 Å². The zero-order valence-corrected chi connectivity index (χ0v) is 11.4. The van der Waals surface area contributed by atoms with Gasteiger partial charge in [0.05, 0.1) is 11.4 Å². The highest BCUT2D eigenvalue weighted by molar-refractivity contribution is 7.92. The zero-order chi connectivity index (χ0) is 12.8. The van der Waals surface area contributed by atoms with Crippen molar-refractivity contribution in [2.24, 2.45) is 11.3 Å². The zero-order valence-electron chi connectivity index (χ0n) is 10.5. The number of hydrogen-bond donors (Lipinski definition) is 0. The molecule has 3 rings (SSSR count). The molecule has 2 saturated carbocycles. The SMILES string of the molecule is CC1CC2(CCC2)CC1S(=O)(=O)c1cnccn1. The lowest BCUT2D eigenvalue weighted by Gasteiger charge is -2.38. The minimum atomic E-state index is -3.31. The minimum absolute atomic E-state index is 0.137. The van der Waals surface area contributed by atoms with Crippen LogP contribution in [-0.2, 0) is 9.84 Å². The topological polar surface area (TPSA) is 59.9 Å². The summed E-state index contributed by atoms with van der Waals surface area (Å²) in [7, 11) is -3.31. The lowest BCUT2D eigenvalue weighted by molar-refractivity contribution is 0.138. The summed E-state index contributed by atoms with van der Waals surface area (Å²) in [6, 6.07) is 0. The van der Waals surface area contributed by atoms with Gasteiger partial charge in [-0.25, -0.2) is 13.4 Å². The fourth-order valence-corrected chi connectivity index (χ4v) is 5.62. The molecule has 4 nitrogen and oxygen atoms in total. The smallest absolute Gasteiger partial charge is 0.200 e. The molecule has 2 unspecified atom stereocenters. The molecule has 0 bridgehead atoms. The van der Waals surface area contributed by atoms with Gasteiger partial charge in [-0.15, -0.1) is 0 Å². The van der Waals surface area contributed by atoms with E-state index in [4.69, 9.17) is 0 Å². The summed E-state index contributed by atoms with van der Waals surface area (Å²) in [6.07, 6.45) is 9.84. The van der Waals surface area contributed by atoms with Gasteiger partial charge < -0.3 is 0 Å². The maximum absolute atomic E-state index is 12.6. The first-order valence-corrected chi connectivity index (χ1v) is 8.08. The van der Waals surface area contributed by atoms with Crippen LogP contribution in [0, 0.1) is 11.3 Å². The molecule has 1 spiro atoms. The molecule has 0 N–H and O–H groups in total. The molecule has 0 radical (unpaired) electrons. The van der Waals surface area contributed by atoms with Crippen molar-refractivity contribution in [1.82, 2.24) is 9.97 Å². The third-order valence-corrected chi connectivity index (χ3v) is 6.89.